The lowest BCUT2D eigenvalue weighted by Crippen LogP contribution is -2.23. The van der Waals surface area contributed by atoms with Gasteiger partial charge in [0.15, 0.2) is 0 Å². The maximum atomic E-state index is 13.2. The number of benzene rings is 2. The molecular weight excluding hydrogens is 493 g/mol. The molecule has 0 radical (unpaired) electrons. The number of hydrogen-bond donors (Lipinski definition) is 3. The fourth-order valence-electron chi connectivity index (χ4n) is 3.22. The normalized spacial score (nSPS) is 13.5. The van der Waals surface area contributed by atoms with Gasteiger partial charge in [0.05, 0.1) is 32.6 Å². The van der Waals surface area contributed by atoms with E-state index < -0.39 is 23.6 Å². The van der Waals surface area contributed by atoms with Crippen molar-refractivity contribution in [3.8, 4) is 0 Å². The Morgan fingerprint density at radius 2 is 1.76 bits per heavy atom. The molecule has 1 saturated heterocycles. The van der Waals surface area contributed by atoms with Crippen molar-refractivity contribution in [2.24, 2.45) is 0 Å². The number of carbonyl (C=O) groups excluding carboxylic acids is 2. The summed E-state index contributed by atoms with van der Waals surface area (Å²) in [5, 5.41) is 12.7. The van der Waals surface area contributed by atoms with Crippen molar-refractivity contribution in [1.82, 2.24) is 0 Å². The van der Waals surface area contributed by atoms with E-state index in [0.29, 0.717) is 34.9 Å². The summed E-state index contributed by atoms with van der Waals surface area (Å²) in [6.07, 6.45) is -4.66. The van der Waals surface area contributed by atoms with Gasteiger partial charge >= 0.3 is 6.18 Å². The Bertz CT molecular complexity index is 1260. The lowest BCUT2D eigenvalue weighted by atomic mass is 10.1. The summed E-state index contributed by atoms with van der Waals surface area (Å²) >= 11 is 6.79. The Morgan fingerprint density at radius 1 is 1.03 bits per heavy atom. The number of hydrogen-bond acceptors (Lipinski definition) is 5. The number of anilines is 3. The Hall–Kier alpha value is -3.57. The maximum Gasteiger partial charge on any atom is 0.416 e. The third kappa shape index (κ3) is 5.15. The zero-order chi connectivity index (χ0) is 24.5. The van der Waals surface area contributed by atoms with Crippen molar-refractivity contribution in [2.75, 3.05) is 28.7 Å². The van der Waals surface area contributed by atoms with Crippen LogP contribution in [0.15, 0.2) is 54.6 Å². The lowest BCUT2D eigenvalue weighted by molar-refractivity contribution is -0.137. The quantitative estimate of drug-likeness (QED) is 0.412. The number of nitrogens with one attached hydrogen (secondary N) is 3. The van der Waals surface area contributed by atoms with Gasteiger partial charge in [0.1, 0.15) is 6.61 Å². The first kappa shape index (κ1) is 23.6. The molecule has 176 valence electrons. The van der Waals surface area contributed by atoms with E-state index in [0.717, 1.165) is 23.5 Å². The van der Waals surface area contributed by atoms with Gasteiger partial charge in [0.25, 0.3) is 17.8 Å². The molecule has 1 fully saturated rings. The molecule has 1 aliphatic rings. The van der Waals surface area contributed by atoms with E-state index in [4.69, 9.17) is 21.7 Å². The number of thiophene rings is 1. The van der Waals surface area contributed by atoms with Crippen LogP contribution in [0.4, 0.5) is 30.2 Å². The molecule has 2 heterocycles. The van der Waals surface area contributed by atoms with Gasteiger partial charge in [-0.05, 0) is 54.6 Å². The van der Waals surface area contributed by atoms with Gasteiger partial charge in [-0.1, -0.05) is 11.6 Å². The maximum absolute atomic E-state index is 13.2. The number of carbonyl (C=O) groups is 2. The predicted molar refractivity (Wildman–Crippen MR) is 124 cm³/mol. The largest absolute Gasteiger partial charge is 0.463 e. The highest BCUT2D eigenvalue weighted by Crippen LogP contribution is 2.33. The highest BCUT2D eigenvalue weighted by molar-refractivity contribution is 7.18. The highest BCUT2D eigenvalue weighted by atomic mass is 35.5. The monoisotopic (exact) mass is 508 g/mol. The molecular formula is C22H16ClF3N4O3S. The van der Waals surface area contributed by atoms with E-state index in [-0.39, 0.29) is 22.1 Å². The second kappa shape index (κ2) is 9.35. The zero-order valence-corrected chi connectivity index (χ0v) is 18.8. The van der Waals surface area contributed by atoms with Crippen LogP contribution in [0.5, 0.6) is 0 Å². The molecule has 12 heteroatoms. The van der Waals surface area contributed by atoms with Gasteiger partial charge in [0.2, 0.25) is 0 Å². The Morgan fingerprint density at radius 3 is 2.35 bits per heavy atom. The van der Waals surface area contributed by atoms with Crippen molar-refractivity contribution >= 4 is 57.8 Å². The number of ether oxygens (including phenoxy) is 1. The smallest absolute Gasteiger partial charge is 0.416 e. The van der Waals surface area contributed by atoms with E-state index in [2.05, 4.69) is 10.6 Å². The summed E-state index contributed by atoms with van der Waals surface area (Å²) in [5.41, 5.74) is -0.382. The predicted octanol–water partition coefficient (Wildman–Crippen LogP) is 5.70. The van der Waals surface area contributed by atoms with E-state index >= 15 is 0 Å². The number of alkyl halides is 3. The molecule has 0 saturated carbocycles. The van der Waals surface area contributed by atoms with E-state index in [1.54, 1.807) is 29.2 Å². The highest BCUT2D eigenvalue weighted by Gasteiger charge is 2.32. The molecule has 0 spiro atoms. The lowest BCUT2D eigenvalue weighted by Gasteiger charge is -2.16. The minimum absolute atomic E-state index is 0.0222. The second-order valence-corrected chi connectivity index (χ2v) is 8.84. The second-order valence-electron chi connectivity index (χ2n) is 7.12. The summed E-state index contributed by atoms with van der Waals surface area (Å²) in [7, 11) is 0. The summed E-state index contributed by atoms with van der Waals surface area (Å²) in [6.45, 7) is 0.923. The van der Waals surface area contributed by atoms with Gasteiger partial charge in [0, 0.05) is 11.4 Å². The molecule has 3 aromatic rings. The summed E-state index contributed by atoms with van der Waals surface area (Å²) in [6, 6.07) is 12.0. The summed E-state index contributed by atoms with van der Waals surface area (Å²) in [4.78, 5) is 27.2. The number of amidine groups is 1. The third-order valence-electron chi connectivity index (χ3n) is 4.87. The molecule has 0 aliphatic carbocycles. The van der Waals surface area contributed by atoms with Crippen LogP contribution in [0.2, 0.25) is 4.34 Å². The Balaban J connectivity index is 1.57. The van der Waals surface area contributed by atoms with Crippen molar-refractivity contribution in [1.29, 1.82) is 5.41 Å². The molecule has 0 bridgehead atoms. The van der Waals surface area contributed by atoms with Crippen LogP contribution in [0.1, 0.15) is 25.6 Å². The Kier molecular flexibility index (Phi) is 6.49. The van der Waals surface area contributed by atoms with Crippen LogP contribution in [0.25, 0.3) is 0 Å². The van der Waals surface area contributed by atoms with Crippen molar-refractivity contribution in [3.05, 3.63) is 74.9 Å². The summed E-state index contributed by atoms with van der Waals surface area (Å²) in [5.74, 6) is -1.40. The van der Waals surface area contributed by atoms with Crippen LogP contribution in [-0.2, 0) is 10.9 Å². The van der Waals surface area contributed by atoms with E-state index in [9.17, 15) is 22.8 Å². The summed E-state index contributed by atoms with van der Waals surface area (Å²) < 4.78 is 45.2. The minimum atomic E-state index is -4.66. The molecule has 0 unspecified atom stereocenters. The molecule has 7 nitrogen and oxygen atoms in total. The molecule has 1 aromatic heterocycles. The van der Waals surface area contributed by atoms with Crippen LogP contribution >= 0.6 is 22.9 Å². The average molecular weight is 509 g/mol. The minimum Gasteiger partial charge on any atom is -0.463 e. The van der Waals surface area contributed by atoms with Crippen molar-refractivity contribution in [2.45, 2.75) is 6.18 Å². The van der Waals surface area contributed by atoms with Gasteiger partial charge in [-0.15, -0.1) is 11.3 Å². The van der Waals surface area contributed by atoms with Gasteiger partial charge < -0.3 is 15.4 Å². The van der Waals surface area contributed by atoms with Gasteiger partial charge in [-0.25, -0.2) is 0 Å². The standard InChI is InChI=1S/C22H16ClF3N4O3S/c23-18-8-7-17(34-18)20(32)29-16-11-12(22(24,25)26)1-6-15(16)19(31)28-13-2-4-14(5-3-13)30-9-10-33-21(30)27/h1-8,11,27H,9-10H2,(H,28,31)(H,29,32). The zero-order valence-electron chi connectivity index (χ0n) is 17.2. The SMILES string of the molecule is N=C1OCCN1c1ccc(NC(=O)c2ccc(C(F)(F)F)cc2NC(=O)c2ccc(Cl)s2)cc1. The van der Waals surface area contributed by atoms with Gasteiger partial charge in [-0.2, -0.15) is 13.2 Å². The Labute approximate surface area is 200 Å². The van der Waals surface area contributed by atoms with Gasteiger partial charge in [-0.3, -0.25) is 19.9 Å². The molecule has 3 N–H and O–H groups in total. The first-order chi connectivity index (χ1) is 16.1. The van der Waals surface area contributed by atoms with Crippen molar-refractivity contribution in [3.63, 3.8) is 0 Å². The topological polar surface area (TPSA) is 94.5 Å². The van der Waals surface area contributed by atoms with Crippen LogP contribution in [0.3, 0.4) is 0 Å². The van der Waals surface area contributed by atoms with E-state index in [1.807, 2.05) is 0 Å². The molecule has 4 rings (SSSR count). The van der Waals surface area contributed by atoms with Crippen molar-refractivity contribution < 1.29 is 27.5 Å². The molecule has 0 atom stereocenters. The third-order valence-corrected chi connectivity index (χ3v) is 6.10. The van der Waals surface area contributed by atoms with Crippen LogP contribution in [0, 0.1) is 5.41 Å². The average Bonchev–Trinajstić information content (AvgIpc) is 3.42. The molecule has 2 amide bonds. The fraction of sp³-hybridized carbons (Fsp3) is 0.136. The van der Waals surface area contributed by atoms with Crippen LogP contribution < -0.4 is 15.5 Å². The fourth-order valence-corrected chi connectivity index (χ4v) is 4.16. The molecule has 1 aliphatic heterocycles. The van der Waals surface area contributed by atoms with E-state index in [1.165, 1.54) is 12.1 Å². The first-order valence-electron chi connectivity index (χ1n) is 9.80. The number of rotatable bonds is 5. The molecule has 2 aromatic carbocycles. The van der Waals surface area contributed by atoms with Crippen LogP contribution in [-0.4, -0.2) is 31.0 Å². The first-order valence-corrected chi connectivity index (χ1v) is 11.0. The number of nitrogens with zero attached hydrogens (tertiary/aromatic N) is 1. The number of halogens is 4. The molecule has 34 heavy (non-hydrogen) atoms. The number of amides is 2.